The number of carboxylic acids is 1. The van der Waals surface area contributed by atoms with Crippen molar-refractivity contribution in [3.05, 3.63) is 137 Å². The first kappa shape index (κ1) is 32.9. The van der Waals surface area contributed by atoms with Gasteiger partial charge < -0.3 is 30.0 Å². The van der Waals surface area contributed by atoms with Crippen LogP contribution in [0, 0.1) is 0 Å². The zero-order valence-corrected chi connectivity index (χ0v) is 24.7. The van der Waals surface area contributed by atoms with Gasteiger partial charge in [0.15, 0.2) is 0 Å². The zero-order chi connectivity index (χ0) is 32.7. The Morgan fingerprint density at radius 3 is 1.48 bits per heavy atom. The number of anilines is 1. The number of aliphatic carboxylic acids is 1. The van der Waals surface area contributed by atoms with Crippen LogP contribution in [-0.2, 0) is 43.6 Å². The Balaban J connectivity index is 1.40. The average Bonchev–Trinajstić information content (AvgIpc) is 3.08. The van der Waals surface area contributed by atoms with Gasteiger partial charge in [-0.1, -0.05) is 91.0 Å². The highest BCUT2D eigenvalue weighted by Crippen LogP contribution is 2.19. The summed E-state index contributed by atoms with van der Waals surface area (Å²) in [6.07, 6.45) is -1.52. The van der Waals surface area contributed by atoms with Crippen molar-refractivity contribution in [2.75, 3.05) is 5.32 Å². The van der Waals surface area contributed by atoms with Gasteiger partial charge in [-0.05, 0) is 41.3 Å². The topological polar surface area (TPSA) is 157 Å². The molecule has 1 atom stereocenters. The molecule has 0 aliphatic carbocycles. The molecule has 0 aliphatic heterocycles. The molecule has 1 unspecified atom stereocenters. The summed E-state index contributed by atoms with van der Waals surface area (Å²) < 4.78 is 15.9. The number of carbonyl (C=O) groups is 5. The third kappa shape index (κ3) is 10.6. The number of hydrogen-bond donors (Lipinski definition) is 3. The van der Waals surface area contributed by atoms with E-state index < -0.39 is 36.0 Å². The fourth-order valence-electron chi connectivity index (χ4n) is 4.21. The van der Waals surface area contributed by atoms with Gasteiger partial charge in [-0.25, -0.2) is 19.2 Å². The largest absolute Gasteiger partial charge is 0.480 e. The zero-order valence-electron chi connectivity index (χ0n) is 24.7. The number of hydrogen-bond acceptors (Lipinski definition) is 8. The molecule has 3 N–H and O–H groups in total. The van der Waals surface area contributed by atoms with E-state index in [1.807, 2.05) is 18.2 Å². The lowest BCUT2D eigenvalue weighted by Crippen LogP contribution is -2.41. The monoisotopic (exact) mass is 624 g/mol. The van der Waals surface area contributed by atoms with E-state index in [-0.39, 0.29) is 49.5 Å². The standard InChI is InChI=1S/C35H32N2O9/c38-31(17-16-30(32(39)40)37-35(43)46-23-26-14-8-3-9-15-26)36-29-19-27(33(41)44-21-24-10-4-1-5-11-24)18-28(20-29)34(42)45-22-25-12-6-2-7-13-25/h1-15,18-20,30H,16-17,21-23H2,(H,36,38)(H,37,43)(H,39,40). The van der Waals surface area contributed by atoms with Crippen molar-refractivity contribution >= 4 is 35.6 Å². The molecule has 4 aromatic rings. The Morgan fingerprint density at radius 1 is 0.609 bits per heavy atom. The number of benzene rings is 4. The molecule has 0 saturated heterocycles. The Bertz CT molecular complexity index is 1570. The molecule has 11 heteroatoms. The van der Waals surface area contributed by atoms with Crippen LogP contribution in [0.3, 0.4) is 0 Å². The molecule has 11 nitrogen and oxygen atoms in total. The number of nitrogens with one attached hydrogen (secondary N) is 2. The lowest BCUT2D eigenvalue weighted by atomic mass is 10.1. The van der Waals surface area contributed by atoms with Gasteiger partial charge in [0.2, 0.25) is 5.91 Å². The molecule has 0 saturated carbocycles. The summed E-state index contributed by atoms with van der Waals surface area (Å²) in [6, 6.07) is 29.5. The minimum absolute atomic E-state index is 0.00775. The number of carboxylic acid groups (broad SMARTS) is 1. The molecule has 4 rings (SSSR count). The first-order valence-electron chi connectivity index (χ1n) is 14.3. The number of carbonyl (C=O) groups excluding carboxylic acids is 4. The number of amides is 2. The van der Waals surface area contributed by atoms with Gasteiger partial charge in [0.1, 0.15) is 25.9 Å². The summed E-state index contributed by atoms with van der Waals surface area (Å²) in [4.78, 5) is 62.6. The molecule has 0 spiro atoms. The molecule has 4 aromatic carbocycles. The molecular formula is C35H32N2O9. The van der Waals surface area contributed by atoms with Gasteiger partial charge in [-0.3, -0.25) is 4.79 Å². The van der Waals surface area contributed by atoms with E-state index in [2.05, 4.69) is 10.6 Å². The second kappa shape index (κ2) is 16.8. The van der Waals surface area contributed by atoms with Crippen LogP contribution in [0.15, 0.2) is 109 Å². The number of ether oxygens (including phenoxy) is 3. The molecule has 0 bridgehead atoms. The van der Waals surface area contributed by atoms with Crippen molar-refractivity contribution in [2.24, 2.45) is 0 Å². The summed E-state index contributed by atoms with van der Waals surface area (Å²) in [5, 5.41) is 14.4. The number of esters is 2. The molecule has 0 aromatic heterocycles. The van der Waals surface area contributed by atoms with E-state index in [1.165, 1.54) is 18.2 Å². The maximum absolute atomic E-state index is 12.9. The smallest absolute Gasteiger partial charge is 0.408 e. The molecule has 0 aliphatic rings. The first-order valence-corrected chi connectivity index (χ1v) is 14.3. The van der Waals surface area contributed by atoms with E-state index in [9.17, 15) is 29.1 Å². The van der Waals surface area contributed by atoms with E-state index in [0.29, 0.717) is 0 Å². The predicted octanol–water partition coefficient (Wildman–Crippen LogP) is 5.50. The SMILES string of the molecule is O=C(CCC(NC(=O)OCc1ccccc1)C(=O)O)Nc1cc(C(=O)OCc2ccccc2)cc(C(=O)OCc2ccccc2)c1. The highest BCUT2D eigenvalue weighted by molar-refractivity contribution is 5.99. The predicted molar refractivity (Wildman–Crippen MR) is 167 cm³/mol. The van der Waals surface area contributed by atoms with Gasteiger partial charge in [0, 0.05) is 12.1 Å². The summed E-state index contributed by atoms with van der Waals surface area (Å²) in [5.74, 6) is -3.44. The minimum atomic E-state index is -1.41. The second-order valence-corrected chi connectivity index (χ2v) is 10.1. The lowest BCUT2D eigenvalue weighted by Gasteiger charge is -2.15. The van der Waals surface area contributed by atoms with E-state index in [4.69, 9.17) is 14.2 Å². The fraction of sp³-hybridized carbons (Fsp3) is 0.171. The van der Waals surface area contributed by atoms with Crippen molar-refractivity contribution in [1.29, 1.82) is 0 Å². The van der Waals surface area contributed by atoms with Crippen molar-refractivity contribution in [1.82, 2.24) is 5.32 Å². The molecule has 2 amide bonds. The Morgan fingerprint density at radius 2 is 1.04 bits per heavy atom. The summed E-state index contributed by atoms with van der Waals surface area (Å²) >= 11 is 0. The van der Waals surface area contributed by atoms with E-state index >= 15 is 0 Å². The molecule has 236 valence electrons. The third-order valence-electron chi connectivity index (χ3n) is 6.58. The van der Waals surface area contributed by atoms with Crippen molar-refractivity contribution < 1.29 is 43.3 Å². The second-order valence-electron chi connectivity index (χ2n) is 10.1. The molecule has 0 heterocycles. The van der Waals surface area contributed by atoms with Crippen LogP contribution in [-0.4, -0.2) is 41.1 Å². The minimum Gasteiger partial charge on any atom is -0.480 e. The summed E-state index contributed by atoms with van der Waals surface area (Å²) in [5.41, 5.74) is 2.31. The number of alkyl carbamates (subject to hydrolysis) is 1. The normalized spacial score (nSPS) is 11.0. The first-order chi connectivity index (χ1) is 22.3. The average molecular weight is 625 g/mol. The van der Waals surface area contributed by atoms with Gasteiger partial charge >= 0.3 is 24.0 Å². The fourth-order valence-corrected chi connectivity index (χ4v) is 4.21. The van der Waals surface area contributed by atoms with Crippen LogP contribution in [0.25, 0.3) is 0 Å². The van der Waals surface area contributed by atoms with E-state index in [0.717, 1.165) is 16.7 Å². The van der Waals surface area contributed by atoms with Crippen molar-refractivity contribution in [3.63, 3.8) is 0 Å². The molecule has 0 fully saturated rings. The Hall–Kier alpha value is -5.97. The molecular weight excluding hydrogens is 592 g/mol. The van der Waals surface area contributed by atoms with Gasteiger partial charge in [0.25, 0.3) is 0 Å². The van der Waals surface area contributed by atoms with Crippen LogP contribution in [0.1, 0.15) is 50.2 Å². The van der Waals surface area contributed by atoms with Crippen molar-refractivity contribution in [3.8, 4) is 0 Å². The van der Waals surface area contributed by atoms with Crippen LogP contribution < -0.4 is 10.6 Å². The maximum atomic E-state index is 12.9. The third-order valence-corrected chi connectivity index (χ3v) is 6.58. The summed E-state index contributed by atoms with van der Waals surface area (Å²) in [7, 11) is 0. The van der Waals surface area contributed by atoms with Crippen LogP contribution in [0.4, 0.5) is 10.5 Å². The highest BCUT2D eigenvalue weighted by Gasteiger charge is 2.23. The van der Waals surface area contributed by atoms with Gasteiger partial charge in [-0.15, -0.1) is 0 Å². The van der Waals surface area contributed by atoms with Gasteiger partial charge in [-0.2, -0.15) is 0 Å². The maximum Gasteiger partial charge on any atom is 0.408 e. The van der Waals surface area contributed by atoms with Crippen LogP contribution in [0.5, 0.6) is 0 Å². The lowest BCUT2D eigenvalue weighted by molar-refractivity contribution is -0.139. The van der Waals surface area contributed by atoms with E-state index in [1.54, 1.807) is 72.8 Å². The molecule has 0 radical (unpaired) electrons. The van der Waals surface area contributed by atoms with Gasteiger partial charge in [0.05, 0.1) is 11.1 Å². The van der Waals surface area contributed by atoms with Crippen molar-refractivity contribution in [2.45, 2.75) is 38.7 Å². The Labute approximate surface area is 265 Å². The highest BCUT2D eigenvalue weighted by atomic mass is 16.6. The Kier molecular flexibility index (Phi) is 12.0. The van der Waals surface area contributed by atoms with Crippen LogP contribution in [0.2, 0.25) is 0 Å². The summed E-state index contributed by atoms with van der Waals surface area (Å²) in [6.45, 7) is -0.0808. The number of rotatable bonds is 14. The van der Waals surface area contributed by atoms with Crippen LogP contribution >= 0.6 is 0 Å². The molecule has 46 heavy (non-hydrogen) atoms. The quantitative estimate of drug-likeness (QED) is 0.122.